The summed E-state index contributed by atoms with van der Waals surface area (Å²) in [5.41, 5.74) is 3.83. The molecule has 8 heteroatoms. The molecule has 3 heterocycles. The van der Waals surface area contributed by atoms with Gasteiger partial charge in [-0.05, 0) is 66.6 Å². The number of anilines is 2. The summed E-state index contributed by atoms with van der Waals surface area (Å²) in [5, 5.41) is 15.2. The Morgan fingerprint density at radius 2 is 1.74 bits per heavy atom. The maximum Gasteiger partial charge on any atom is 0.231 e. The van der Waals surface area contributed by atoms with Gasteiger partial charge in [0.1, 0.15) is 5.82 Å². The molecule has 0 bridgehead atoms. The molecule has 1 saturated carbocycles. The van der Waals surface area contributed by atoms with Gasteiger partial charge in [0.25, 0.3) is 0 Å². The molecule has 1 unspecified atom stereocenters. The van der Waals surface area contributed by atoms with E-state index in [4.69, 9.17) is 9.47 Å². The number of rotatable bonds is 6. The molecule has 2 fully saturated rings. The molecule has 1 amide bonds. The Morgan fingerprint density at radius 1 is 0.971 bits per heavy atom. The van der Waals surface area contributed by atoms with E-state index in [1.54, 1.807) is 0 Å². The third-order valence-corrected chi connectivity index (χ3v) is 7.19. The highest BCUT2D eigenvalue weighted by molar-refractivity contribution is 5.88. The zero-order valence-electron chi connectivity index (χ0n) is 19.7. The molecule has 1 saturated heterocycles. The molecule has 3 aromatic rings. The van der Waals surface area contributed by atoms with Crippen molar-refractivity contribution in [1.29, 1.82) is 0 Å². The zero-order valence-corrected chi connectivity index (χ0v) is 19.7. The maximum absolute atomic E-state index is 11.2. The van der Waals surface area contributed by atoms with E-state index in [9.17, 15) is 4.79 Å². The summed E-state index contributed by atoms with van der Waals surface area (Å²) >= 11 is 0. The molecule has 8 nitrogen and oxygen atoms in total. The Kier molecular flexibility index (Phi) is 5.74. The summed E-state index contributed by atoms with van der Waals surface area (Å²) in [5.74, 6) is 3.89. The lowest BCUT2D eigenvalue weighted by Gasteiger charge is -2.20. The molecule has 1 aromatic heterocycles. The number of aromatic nitrogens is 2. The van der Waals surface area contributed by atoms with Crippen LogP contribution in [0.3, 0.4) is 0 Å². The van der Waals surface area contributed by atoms with Gasteiger partial charge in [0.05, 0.1) is 5.69 Å². The van der Waals surface area contributed by atoms with Crippen molar-refractivity contribution in [3.8, 4) is 22.8 Å². The van der Waals surface area contributed by atoms with Crippen LogP contribution < -0.4 is 20.1 Å². The van der Waals surface area contributed by atoms with Crippen LogP contribution in [0.15, 0.2) is 54.6 Å². The minimum absolute atomic E-state index is 0.0820. The van der Waals surface area contributed by atoms with Gasteiger partial charge in [0.2, 0.25) is 12.7 Å². The second-order valence-corrected chi connectivity index (χ2v) is 9.78. The second-order valence-electron chi connectivity index (χ2n) is 9.78. The van der Waals surface area contributed by atoms with Crippen LogP contribution >= 0.6 is 0 Å². The molecule has 180 valence electrons. The predicted octanol–water partition coefficient (Wildman–Crippen LogP) is 4.15. The van der Waals surface area contributed by atoms with E-state index in [1.165, 1.54) is 12.5 Å². The van der Waals surface area contributed by atoms with Gasteiger partial charge >= 0.3 is 0 Å². The molecule has 2 aliphatic heterocycles. The Hall–Kier alpha value is -3.65. The van der Waals surface area contributed by atoms with Gasteiger partial charge in [-0.1, -0.05) is 18.2 Å². The van der Waals surface area contributed by atoms with E-state index in [0.29, 0.717) is 12.8 Å². The van der Waals surface area contributed by atoms with Crippen molar-refractivity contribution in [2.24, 2.45) is 11.8 Å². The standard InChI is InChI=1S/C27H29N5O3/c1-17(33)28-22-5-3-19(4-6-22)24-7-9-27(31-30-24)29-23-11-20-14-32(15-21(20)12-23)13-18-2-8-25-26(10-18)35-16-34-25/h2-10,20-21,23H,11-16H2,1H3,(H,28,33)(H,29,31)/t20-,21+,23?. The van der Waals surface area contributed by atoms with Crippen molar-refractivity contribution in [2.45, 2.75) is 32.4 Å². The summed E-state index contributed by atoms with van der Waals surface area (Å²) in [6.07, 6.45) is 2.33. The number of carbonyl (C=O) groups is 1. The molecular weight excluding hydrogens is 442 g/mol. The van der Waals surface area contributed by atoms with Crippen LogP contribution in [0, 0.1) is 11.8 Å². The molecule has 0 spiro atoms. The van der Waals surface area contributed by atoms with E-state index < -0.39 is 0 Å². The Labute approximate surface area is 204 Å². The van der Waals surface area contributed by atoms with Gasteiger partial charge < -0.3 is 20.1 Å². The minimum Gasteiger partial charge on any atom is -0.454 e. The number of benzene rings is 2. The summed E-state index contributed by atoms with van der Waals surface area (Å²) in [6.45, 7) is 5.05. The molecule has 0 radical (unpaired) electrons. The van der Waals surface area contributed by atoms with Gasteiger partial charge in [-0.25, -0.2) is 0 Å². The number of amides is 1. The normalized spacial score (nSPS) is 22.7. The molecule has 3 aliphatic rings. The number of carbonyl (C=O) groups excluding carboxylic acids is 1. The van der Waals surface area contributed by atoms with Crippen LogP contribution in [-0.2, 0) is 11.3 Å². The van der Waals surface area contributed by atoms with E-state index in [2.05, 4.69) is 37.9 Å². The van der Waals surface area contributed by atoms with Crippen LogP contribution in [0.25, 0.3) is 11.3 Å². The molecule has 2 aromatic carbocycles. The monoisotopic (exact) mass is 471 g/mol. The largest absolute Gasteiger partial charge is 0.454 e. The Balaban J connectivity index is 1.01. The quantitative estimate of drug-likeness (QED) is 0.558. The lowest BCUT2D eigenvalue weighted by Crippen LogP contribution is -2.25. The fourth-order valence-corrected chi connectivity index (χ4v) is 5.64. The molecule has 2 N–H and O–H groups in total. The first-order chi connectivity index (χ1) is 17.1. The lowest BCUT2D eigenvalue weighted by molar-refractivity contribution is -0.114. The highest BCUT2D eigenvalue weighted by Gasteiger charge is 2.40. The number of hydrogen-bond donors (Lipinski definition) is 2. The Bertz CT molecular complexity index is 1200. The number of hydrogen-bond acceptors (Lipinski definition) is 7. The van der Waals surface area contributed by atoms with Gasteiger partial charge in [-0.3, -0.25) is 9.69 Å². The van der Waals surface area contributed by atoms with Crippen molar-refractivity contribution in [2.75, 3.05) is 30.5 Å². The minimum atomic E-state index is -0.0820. The highest BCUT2D eigenvalue weighted by atomic mass is 16.7. The summed E-state index contributed by atoms with van der Waals surface area (Å²) in [6, 6.07) is 18.3. The first-order valence-corrected chi connectivity index (χ1v) is 12.2. The summed E-state index contributed by atoms with van der Waals surface area (Å²) < 4.78 is 10.9. The number of nitrogens with one attached hydrogen (secondary N) is 2. The molecule has 6 rings (SSSR count). The highest BCUT2D eigenvalue weighted by Crippen LogP contribution is 2.40. The van der Waals surface area contributed by atoms with Gasteiger partial charge in [0.15, 0.2) is 11.5 Å². The number of fused-ring (bicyclic) bond motifs is 2. The summed E-state index contributed by atoms with van der Waals surface area (Å²) in [4.78, 5) is 13.7. The molecule has 3 atom stereocenters. The maximum atomic E-state index is 11.2. The van der Waals surface area contributed by atoms with Crippen molar-refractivity contribution >= 4 is 17.4 Å². The average molecular weight is 472 g/mol. The van der Waals surface area contributed by atoms with Crippen LogP contribution in [0.1, 0.15) is 25.3 Å². The predicted molar refractivity (Wildman–Crippen MR) is 133 cm³/mol. The Morgan fingerprint density at radius 3 is 2.46 bits per heavy atom. The SMILES string of the molecule is CC(=O)Nc1ccc(-c2ccc(NC3C[C@@H]4CN(Cc5ccc6c(c5)OCO6)C[C@@H]4C3)nn2)cc1. The lowest BCUT2D eigenvalue weighted by atomic mass is 10.0. The third-order valence-electron chi connectivity index (χ3n) is 7.19. The van der Waals surface area contributed by atoms with E-state index in [0.717, 1.165) is 78.6 Å². The van der Waals surface area contributed by atoms with Crippen LogP contribution in [0.4, 0.5) is 11.5 Å². The van der Waals surface area contributed by atoms with E-state index in [1.807, 2.05) is 42.5 Å². The van der Waals surface area contributed by atoms with Gasteiger partial charge in [0, 0.05) is 43.9 Å². The van der Waals surface area contributed by atoms with Crippen LogP contribution in [0.2, 0.25) is 0 Å². The second kappa shape index (κ2) is 9.19. The first-order valence-electron chi connectivity index (χ1n) is 12.2. The van der Waals surface area contributed by atoms with Crippen LogP contribution in [-0.4, -0.2) is 46.9 Å². The number of nitrogens with zero attached hydrogens (tertiary/aromatic N) is 3. The fourth-order valence-electron chi connectivity index (χ4n) is 5.64. The third kappa shape index (κ3) is 4.79. The van der Waals surface area contributed by atoms with Gasteiger partial charge in [-0.2, -0.15) is 0 Å². The molecular formula is C27H29N5O3. The van der Waals surface area contributed by atoms with E-state index in [-0.39, 0.29) is 5.91 Å². The smallest absolute Gasteiger partial charge is 0.231 e. The summed E-state index contributed by atoms with van der Waals surface area (Å²) in [7, 11) is 0. The van der Waals surface area contributed by atoms with Crippen molar-refractivity contribution < 1.29 is 14.3 Å². The topological polar surface area (TPSA) is 88.6 Å². The van der Waals surface area contributed by atoms with E-state index >= 15 is 0 Å². The average Bonchev–Trinajstić information content (AvgIpc) is 3.55. The fraction of sp³-hybridized carbons (Fsp3) is 0.370. The zero-order chi connectivity index (χ0) is 23.8. The van der Waals surface area contributed by atoms with Crippen molar-refractivity contribution in [1.82, 2.24) is 15.1 Å². The first kappa shape index (κ1) is 21.9. The van der Waals surface area contributed by atoms with Crippen LogP contribution in [0.5, 0.6) is 11.5 Å². The molecule has 1 aliphatic carbocycles. The van der Waals surface area contributed by atoms with Gasteiger partial charge in [-0.15, -0.1) is 10.2 Å². The number of likely N-dealkylation sites (tertiary alicyclic amines) is 1. The van der Waals surface area contributed by atoms with Crippen molar-refractivity contribution in [3.05, 3.63) is 60.2 Å². The molecule has 35 heavy (non-hydrogen) atoms. The van der Waals surface area contributed by atoms with Crippen molar-refractivity contribution in [3.63, 3.8) is 0 Å². The number of ether oxygens (including phenoxy) is 2.